The highest BCUT2D eigenvalue weighted by atomic mass is 16.3. The van der Waals surface area contributed by atoms with E-state index in [4.69, 9.17) is 5.10 Å². The Labute approximate surface area is 169 Å². The molecule has 28 heavy (non-hydrogen) atoms. The number of aromatic nitrogens is 2. The number of hydrogen-bond acceptors (Lipinski definition) is 4. The molecule has 2 fully saturated rings. The molecule has 1 aromatic carbocycles. The van der Waals surface area contributed by atoms with Gasteiger partial charge in [0.2, 0.25) is 0 Å². The van der Waals surface area contributed by atoms with E-state index >= 15 is 0 Å². The lowest BCUT2D eigenvalue weighted by molar-refractivity contribution is 0.165. The second-order valence-corrected chi connectivity index (χ2v) is 8.65. The molecule has 2 aliphatic rings. The molecule has 2 unspecified atom stereocenters. The van der Waals surface area contributed by atoms with E-state index in [1.165, 1.54) is 49.9 Å². The van der Waals surface area contributed by atoms with Crippen LogP contribution >= 0.6 is 0 Å². The van der Waals surface area contributed by atoms with Crippen molar-refractivity contribution in [3.8, 4) is 11.3 Å². The van der Waals surface area contributed by atoms with E-state index < -0.39 is 0 Å². The Balaban J connectivity index is 1.43. The number of nitrogens with zero attached hydrogens (tertiary/aromatic N) is 4. The van der Waals surface area contributed by atoms with Gasteiger partial charge >= 0.3 is 0 Å². The van der Waals surface area contributed by atoms with Crippen molar-refractivity contribution in [1.29, 1.82) is 0 Å². The standard InChI is InChI=1S/C23H34N4O/c1-25-13-21(23(24-25)19-9-5-4-6-10-19)16-27-15-20(22(17-27)18-28)14-26-11-7-2-3-8-12-26/h4-6,9-10,13,20,22,28H,2-3,7-8,11-12,14-18H2,1H3. The van der Waals surface area contributed by atoms with Gasteiger partial charge in [0.1, 0.15) is 0 Å². The van der Waals surface area contributed by atoms with Gasteiger partial charge in [-0.3, -0.25) is 9.58 Å². The first-order valence-electron chi connectivity index (χ1n) is 10.9. The Morgan fingerprint density at radius 3 is 2.39 bits per heavy atom. The van der Waals surface area contributed by atoms with Gasteiger partial charge in [-0.15, -0.1) is 0 Å². The van der Waals surface area contributed by atoms with Crippen LogP contribution in [0.4, 0.5) is 0 Å². The van der Waals surface area contributed by atoms with Crippen LogP contribution in [-0.2, 0) is 13.6 Å². The quantitative estimate of drug-likeness (QED) is 0.834. The smallest absolute Gasteiger partial charge is 0.0968 e. The zero-order chi connectivity index (χ0) is 19.3. The largest absolute Gasteiger partial charge is 0.396 e. The van der Waals surface area contributed by atoms with Gasteiger partial charge in [-0.2, -0.15) is 5.10 Å². The second-order valence-electron chi connectivity index (χ2n) is 8.65. The average Bonchev–Trinajstić information content (AvgIpc) is 3.15. The maximum Gasteiger partial charge on any atom is 0.0968 e. The van der Waals surface area contributed by atoms with Crippen molar-refractivity contribution in [2.45, 2.75) is 32.2 Å². The van der Waals surface area contributed by atoms with E-state index in [0.29, 0.717) is 18.4 Å². The molecule has 3 heterocycles. The molecule has 5 nitrogen and oxygen atoms in total. The molecule has 0 saturated carbocycles. The zero-order valence-corrected chi connectivity index (χ0v) is 17.1. The maximum atomic E-state index is 9.98. The SMILES string of the molecule is Cn1cc(CN2CC(CO)C(CN3CCCCCC3)C2)c(-c2ccccc2)n1. The highest BCUT2D eigenvalue weighted by Gasteiger charge is 2.34. The van der Waals surface area contributed by atoms with Gasteiger partial charge in [-0.1, -0.05) is 43.2 Å². The number of benzene rings is 1. The number of rotatable bonds is 6. The summed E-state index contributed by atoms with van der Waals surface area (Å²) in [6, 6.07) is 10.5. The third-order valence-electron chi connectivity index (χ3n) is 6.42. The Bertz CT molecular complexity index is 736. The summed E-state index contributed by atoms with van der Waals surface area (Å²) in [6.07, 6.45) is 7.56. The molecule has 1 aromatic heterocycles. The molecule has 2 aliphatic heterocycles. The van der Waals surface area contributed by atoms with Crippen LogP contribution in [0.15, 0.2) is 36.5 Å². The van der Waals surface area contributed by atoms with Gasteiger partial charge in [-0.05, 0) is 37.8 Å². The predicted molar refractivity (Wildman–Crippen MR) is 113 cm³/mol. The van der Waals surface area contributed by atoms with E-state index in [0.717, 1.165) is 31.9 Å². The van der Waals surface area contributed by atoms with E-state index in [2.05, 4.69) is 40.3 Å². The van der Waals surface area contributed by atoms with Gasteiger partial charge in [0.25, 0.3) is 0 Å². The van der Waals surface area contributed by atoms with Crippen LogP contribution in [0, 0.1) is 11.8 Å². The fourth-order valence-electron chi connectivity index (χ4n) is 4.96. The summed E-state index contributed by atoms with van der Waals surface area (Å²) in [7, 11) is 2.00. The summed E-state index contributed by atoms with van der Waals surface area (Å²) in [6.45, 7) is 6.87. The van der Waals surface area contributed by atoms with E-state index in [-0.39, 0.29) is 0 Å². The summed E-state index contributed by atoms with van der Waals surface area (Å²) in [5, 5.41) is 14.7. The first-order valence-corrected chi connectivity index (χ1v) is 10.9. The van der Waals surface area contributed by atoms with Crippen molar-refractivity contribution in [3.05, 3.63) is 42.1 Å². The molecule has 152 valence electrons. The van der Waals surface area contributed by atoms with E-state index in [9.17, 15) is 5.11 Å². The van der Waals surface area contributed by atoms with Crippen molar-refractivity contribution in [3.63, 3.8) is 0 Å². The van der Waals surface area contributed by atoms with Gasteiger partial charge in [-0.25, -0.2) is 0 Å². The van der Waals surface area contributed by atoms with E-state index in [1.54, 1.807) is 0 Å². The summed E-state index contributed by atoms with van der Waals surface area (Å²) >= 11 is 0. The Kier molecular flexibility index (Phi) is 6.45. The summed E-state index contributed by atoms with van der Waals surface area (Å²) in [5.41, 5.74) is 3.54. The lowest BCUT2D eigenvalue weighted by atomic mass is 9.96. The minimum Gasteiger partial charge on any atom is -0.396 e. The van der Waals surface area contributed by atoms with Crippen LogP contribution < -0.4 is 0 Å². The number of likely N-dealkylation sites (tertiary alicyclic amines) is 2. The number of aliphatic hydroxyl groups excluding tert-OH is 1. The number of aliphatic hydroxyl groups is 1. The Morgan fingerprint density at radius 1 is 0.964 bits per heavy atom. The molecule has 4 rings (SSSR count). The summed E-state index contributed by atoms with van der Waals surface area (Å²) in [4.78, 5) is 5.16. The van der Waals surface area contributed by atoms with Gasteiger partial charge in [0.15, 0.2) is 0 Å². The van der Waals surface area contributed by atoms with Crippen molar-refractivity contribution in [2.75, 3.05) is 39.3 Å². The van der Waals surface area contributed by atoms with Crippen LogP contribution in [0.3, 0.4) is 0 Å². The Morgan fingerprint density at radius 2 is 1.68 bits per heavy atom. The van der Waals surface area contributed by atoms with Crippen LogP contribution in [0.25, 0.3) is 11.3 Å². The number of aryl methyl sites for hydroxylation is 1. The van der Waals surface area contributed by atoms with Crippen LogP contribution in [-0.4, -0.2) is 64.0 Å². The minimum atomic E-state index is 0.299. The highest BCUT2D eigenvalue weighted by molar-refractivity contribution is 5.62. The monoisotopic (exact) mass is 382 g/mol. The molecule has 2 aromatic rings. The van der Waals surface area contributed by atoms with Crippen LogP contribution in [0.2, 0.25) is 0 Å². The van der Waals surface area contributed by atoms with Crippen LogP contribution in [0.1, 0.15) is 31.2 Å². The summed E-state index contributed by atoms with van der Waals surface area (Å²) in [5.74, 6) is 0.958. The lowest BCUT2D eigenvalue weighted by Gasteiger charge is -2.26. The van der Waals surface area contributed by atoms with Crippen molar-refractivity contribution >= 4 is 0 Å². The number of hydrogen-bond donors (Lipinski definition) is 1. The minimum absolute atomic E-state index is 0.299. The normalized spacial score (nSPS) is 24.5. The molecule has 2 atom stereocenters. The molecular weight excluding hydrogens is 348 g/mol. The average molecular weight is 383 g/mol. The zero-order valence-electron chi connectivity index (χ0n) is 17.1. The molecule has 0 aliphatic carbocycles. The Hall–Kier alpha value is -1.69. The summed E-state index contributed by atoms with van der Waals surface area (Å²) < 4.78 is 1.92. The molecule has 0 bridgehead atoms. The van der Waals surface area contributed by atoms with Crippen molar-refractivity contribution < 1.29 is 5.11 Å². The van der Waals surface area contributed by atoms with E-state index in [1.807, 2.05) is 17.8 Å². The third kappa shape index (κ3) is 4.65. The van der Waals surface area contributed by atoms with Crippen LogP contribution in [0.5, 0.6) is 0 Å². The predicted octanol–water partition coefficient (Wildman–Crippen LogP) is 3.00. The first kappa shape index (κ1) is 19.6. The molecule has 0 amide bonds. The highest BCUT2D eigenvalue weighted by Crippen LogP contribution is 2.29. The third-order valence-corrected chi connectivity index (χ3v) is 6.42. The molecule has 0 radical (unpaired) electrons. The molecule has 0 spiro atoms. The van der Waals surface area contributed by atoms with Gasteiger partial charge < -0.3 is 10.0 Å². The molecule has 2 saturated heterocycles. The van der Waals surface area contributed by atoms with Gasteiger partial charge in [0, 0.05) is 57.2 Å². The first-order chi connectivity index (χ1) is 13.7. The fourth-order valence-corrected chi connectivity index (χ4v) is 4.96. The van der Waals surface area contributed by atoms with Gasteiger partial charge in [0.05, 0.1) is 5.69 Å². The molecular formula is C23H34N4O. The topological polar surface area (TPSA) is 44.5 Å². The molecule has 1 N–H and O–H groups in total. The fraction of sp³-hybridized carbons (Fsp3) is 0.609. The molecule has 5 heteroatoms. The lowest BCUT2D eigenvalue weighted by Crippen LogP contribution is -2.34. The second kappa shape index (κ2) is 9.21. The van der Waals surface area contributed by atoms with Crippen molar-refractivity contribution in [2.24, 2.45) is 18.9 Å². The maximum absolute atomic E-state index is 9.98. The van der Waals surface area contributed by atoms with Crippen molar-refractivity contribution in [1.82, 2.24) is 19.6 Å².